The molecule has 1 saturated heterocycles. The molecule has 0 aromatic heterocycles. The Balaban J connectivity index is 1.68. The van der Waals surface area contributed by atoms with E-state index >= 15 is 0 Å². The highest BCUT2D eigenvalue weighted by Crippen LogP contribution is 2.14. The van der Waals surface area contributed by atoms with Crippen LogP contribution in [0.3, 0.4) is 0 Å². The standard InChI is InChI=1S/C17H26N4O/c1-14-6-5-11-21(13-14)17(18)19-10-9-16(22)20-12-15-7-3-2-4-8-15/h2-4,7-8,14H,5-6,9-13H2,1H3,(H2,18,19)(H,20,22). The lowest BCUT2D eigenvalue weighted by Crippen LogP contribution is -2.43. The van der Waals surface area contributed by atoms with Crippen LogP contribution in [0.25, 0.3) is 0 Å². The molecule has 1 aromatic carbocycles. The molecule has 0 spiro atoms. The molecule has 5 heteroatoms. The number of piperidine rings is 1. The number of likely N-dealkylation sites (tertiary alicyclic amines) is 1. The fraction of sp³-hybridized carbons (Fsp3) is 0.529. The van der Waals surface area contributed by atoms with Crippen molar-refractivity contribution >= 4 is 11.9 Å². The van der Waals surface area contributed by atoms with Crippen LogP contribution in [0.4, 0.5) is 0 Å². The first-order valence-electron chi connectivity index (χ1n) is 8.00. The van der Waals surface area contributed by atoms with Crippen molar-refractivity contribution in [3.05, 3.63) is 35.9 Å². The van der Waals surface area contributed by atoms with Gasteiger partial charge in [0.1, 0.15) is 0 Å². The van der Waals surface area contributed by atoms with E-state index in [1.807, 2.05) is 30.3 Å². The van der Waals surface area contributed by atoms with E-state index in [2.05, 4.69) is 22.1 Å². The Morgan fingerprint density at radius 2 is 2.18 bits per heavy atom. The van der Waals surface area contributed by atoms with Crippen LogP contribution in [0, 0.1) is 5.92 Å². The van der Waals surface area contributed by atoms with Gasteiger partial charge in [0.25, 0.3) is 0 Å². The number of amides is 1. The molecule has 0 bridgehead atoms. The number of benzene rings is 1. The van der Waals surface area contributed by atoms with Crippen molar-refractivity contribution in [2.75, 3.05) is 19.6 Å². The average molecular weight is 302 g/mol. The number of nitrogens with two attached hydrogens (primary N) is 1. The molecule has 0 saturated carbocycles. The second-order valence-corrected chi connectivity index (χ2v) is 5.95. The van der Waals surface area contributed by atoms with Crippen LogP contribution < -0.4 is 11.1 Å². The second kappa shape index (κ2) is 8.41. The van der Waals surface area contributed by atoms with Gasteiger partial charge >= 0.3 is 0 Å². The average Bonchev–Trinajstić information content (AvgIpc) is 2.54. The maximum Gasteiger partial charge on any atom is 0.222 e. The Hall–Kier alpha value is -2.04. The first kappa shape index (κ1) is 16.3. The molecule has 5 nitrogen and oxygen atoms in total. The second-order valence-electron chi connectivity index (χ2n) is 5.95. The van der Waals surface area contributed by atoms with Gasteiger partial charge in [0.15, 0.2) is 5.96 Å². The minimum Gasteiger partial charge on any atom is -0.370 e. The van der Waals surface area contributed by atoms with Gasteiger partial charge in [-0.1, -0.05) is 37.3 Å². The molecule has 1 atom stereocenters. The molecule has 1 unspecified atom stereocenters. The number of aliphatic imine (C=N–C) groups is 1. The lowest BCUT2D eigenvalue weighted by Gasteiger charge is -2.31. The zero-order valence-corrected chi connectivity index (χ0v) is 13.3. The summed E-state index contributed by atoms with van der Waals surface area (Å²) in [4.78, 5) is 18.2. The Kier molecular flexibility index (Phi) is 6.25. The number of carbonyl (C=O) groups excluding carboxylic acids is 1. The van der Waals surface area contributed by atoms with Crippen molar-refractivity contribution in [2.24, 2.45) is 16.6 Å². The predicted octanol–water partition coefficient (Wildman–Crippen LogP) is 1.74. The number of nitrogens with zero attached hydrogens (tertiary/aromatic N) is 2. The normalized spacial score (nSPS) is 19.0. The van der Waals surface area contributed by atoms with Crippen LogP contribution >= 0.6 is 0 Å². The Bertz CT molecular complexity index is 501. The number of hydrogen-bond donors (Lipinski definition) is 2. The molecule has 0 radical (unpaired) electrons. The van der Waals surface area contributed by atoms with Crippen molar-refractivity contribution in [2.45, 2.75) is 32.7 Å². The largest absolute Gasteiger partial charge is 0.370 e. The third-order valence-corrected chi connectivity index (χ3v) is 3.93. The lowest BCUT2D eigenvalue weighted by atomic mass is 10.0. The molecule has 1 heterocycles. The number of nitrogens with one attached hydrogen (secondary N) is 1. The van der Waals surface area contributed by atoms with Gasteiger partial charge in [0, 0.05) is 26.1 Å². The summed E-state index contributed by atoms with van der Waals surface area (Å²) in [7, 11) is 0. The number of hydrogen-bond acceptors (Lipinski definition) is 2. The molecule has 1 aliphatic heterocycles. The van der Waals surface area contributed by atoms with Gasteiger partial charge in [-0.05, 0) is 24.3 Å². The van der Waals surface area contributed by atoms with Crippen LogP contribution in [0.1, 0.15) is 31.7 Å². The van der Waals surface area contributed by atoms with Crippen molar-refractivity contribution in [3.63, 3.8) is 0 Å². The van der Waals surface area contributed by atoms with Crippen molar-refractivity contribution in [3.8, 4) is 0 Å². The Morgan fingerprint density at radius 1 is 1.41 bits per heavy atom. The SMILES string of the molecule is CC1CCCN(C(N)=NCCC(=O)NCc2ccccc2)C1. The van der Waals surface area contributed by atoms with Crippen LogP contribution in [0.2, 0.25) is 0 Å². The lowest BCUT2D eigenvalue weighted by molar-refractivity contribution is -0.121. The van der Waals surface area contributed by atoms with Crippen molar-refractivity contribution in [1.29, 1.82) is 0 Å². The first-order chi connectivity index (χ1) is 10.6. The number of carbonyl (C=O) groups is 1. The van der Waals surface area contributed by atoms with Crippen LogP contribution in [-0.4, -0.2) is 36.4 Å². The summed E-state index contributed by atoms with van der Waals surface area (Å²) in [6, 6.07) is 9.88. The molecule has 0 aliphatic carbocycles. The monoisotopic (exact) mass is 302 g/mol. The van der Waals surface area contributed by atoms with E-state index in [1.165, 1.54) is 6.42 Å². The van der Waals surface area contributed by atoms with Crippen molar-refractivity contribution in [1.82, 2.24) is 10.2 Å². The summed E-state index contributed by atoms with van der Waals surface area (Å²) in [6.07, 6.45) is 2.79. The molecule has 2 rings (SSSR count). The zero-order chi connectivity index (χ0) is 15.8. The van der Waals surface area contributed by atoms with E-state index in [0.717, 1.165) is 25.1 Å². The van der Waals surface area contributed by atoms with Gasteiger partial charge in [-0.25, -0.2) is 0 Å². The van der Waals surface area contributed by atoms with Gasteiger partial charge in [0.2, 0.25) is 5.91 Å². The predicted molar refractivity (Wildman–Crippen MR) is 89.4 cm³/mol. The van der Waals surface area contributed by atoms with E-state index in [1.54, 1.807) is 0 Å². The van der Waals surface area contributed by atoms with Crippen molar-refractivity contribution < 1.29 is 4.79 Å². The fourth-order valence-corrected chi connectivity index (χ4v) is 2.65. The Morgan fingerprint density at radius 3 is 2.91 bits per heavy atom. The van der Waals surface area contributed by atoms with Gasteiger partial charge in [-0.15, -0.1) is 0 Å². The van der Waals surface area contributed by atoms with Crippen LogP contribution in [0.5, 0.6) is 0 Å². The molecular weight excluding hydrogens is 276 g/mol. The summed E-state index contributed by atoms with van der Waals surface area (Å²) in [5.41, 5.74) is 7.10. The zero-order valence-electron chi connectivity index (χ0n) is 13.3. The summed E-state index contributed by atoms with van der Waals surface area (Å²) < 4.78 is 0. The first-order valence-corrected chi connectivity index (χ1v) is 8.00. The van der Waals surface area contributed by atoms with E-state index in [9.17, 15) is 4.79 Å². The highest BCUT2D eigenvalue weighted by atomic mass is 16.1. The third kappa shape index (κ3) is 5.39. The minimum absolute atomic E-state index is 0.00687. The maximum atomic E-state index is 11.8. The molecule has 3 N–H and O–H groups in total. The van der Waals surface area contributed by atoms with E-state index in [0.29, 0.717) is 31.4 Å². The number of rotatable bonds is 5. The summed E-state index contributed by atoms with van der Waals surface area (Å²) in [5.74, 6) is 1.24. The highest BCUT2D eigenvalue weighted by Gasteiger charge is 2.17. The van der Waals surface area contributed by atoms with E-state index in [-0.39, 0.29) is 5.91 Å². The molecule has 1 amide bonds. The molecular formula is C17H26N4O. The molecule has 1 aliphatic rings. The fourth-order valence-electron chi connectivity index (χ4n) is 2.65. The molecule has 1 aromatic rings. The minimum atomic E-state index is 0.00687. The van der Waals surface area contributed by atoms with Crippen LogP contribution in [-0.2, 0) is 11.3 Å². The smallest absolute Gasteiger partial charge is 0.222 e. The van der Waals surface area contributed by atoms with Gasteiger partial charge in [-0.3, -0.25) is 9.79 Å². The van der Waals surface area contributed by atoms with E-state index < -0.39 is 0 Å². The highest BCUT2D eigenvalue weighted by molar-refractivity contribution is 5.79. The topological polar surface area (TPSA) is 70.7 Å². The molecule has 120 valence electrons. The quantitative estimate of drug-likeness (QED) is 0.643. The number of guanidine groups is 1. The molecule has 22 heavy (non-hydrogen) atoms. The third-order valence-electron chi connectivity index (χ3n) is 3.93. The van der Waals surface area contributed by atoms with Gasteiger partial charge in [0.05, 0.1) is 6.54 Å². The van der Waals surface area contributed by atoms with Gasteiger partial charge in [-0.2, -0.15) is 0 Å². The van der Waals surface area contributed by atoms with E-state index in [4.69, 9.17) is 5.73 Å². The van der Waals surface area contributed by atoms with Crippen LogP contribution in [0.15, 0.2) is 35.3 Å². The van der Waals surface area contributed by atoms with Gasteiger partial charge < -0.3 is 16.0 Å². The summed E-state index contributed by atoms with van der Waals surface area (Å²) in [5, 5.41) is 2.90. The molecule has 1 fully saturated rings. The summed E-state index contributed by atoms with van der Waals surface area (Å²) in [6.45, 7) is 5.17. The Labute approximate surface area is 132 Å². The maximum absolute atomic E-state index is 11.8. The summed E-state index contributed by atoms with van der Waals surface area (Å²) >= 11 is 0.